The molecule has 0 aromatic carbocycles. The van der Waals surface area contributed by atoms with E-state index in [1.165, 1.54) is 49.9 Å². The van der Waals surface area contributed by atoms with Crippen molar-refractivity contribution in [3.8, 4) is 0 Å². The van der Waals surface area contributed by atoms with Gasteiger partial charge in [0.15, 0.2) is 0 Å². The van der Waals surface area contributed by atoms with E-state index in [1.807, 2.05) is 17.5 Å². The van der Waals surface area contributed by atoms with Crippen molar-refractivity contribution in [2.45, 2.75) is 44.9 Å². The van der Waals surface area contributed by atoms with Gasteiger partial charge >= 0.3 is 0 Å². The Morgan fingerprint density at radius 2 is 1.57 bits per heavy atom. The highest BCUT2D eigenvalue weighted by Crippen LogP contribution is 2.61. The molecule has 5 aliphatic rings. The highest BCUT2D eigenvalue weighted by Gasteiger charge is 2.51. The van der Waals surface area contributed by atoms with Crippen molar-refractivity contribution in [1.29, 1.82) is 0 Å². The quantitative estimate of drug-likeness (QED) is 0.783. The Kier molecular flexibility index (Phi) is 5.33. The zero-order valence-corrected chi connectivity index (χ0v) is 18.3. The summed E-state index contributed by atoms with van der Waals surface area (Å²) >= 11 is 1.45. The third-order valence-electron chi connectivity index (χ3n) is 7.79. The zero-order chi connectivity index (χ0) is 20.7. The third kappa shape index (κ3) is 4.01. The second-order valence-corrected chi connectivity index (χ2v) is 11.0. The van der Waals surface area contributed by atoms with Crippen molar-refractivity contribution in [2.75, 3.05) is 32.7 Å². The standard InChI is InChI=1S/C23H31N3O3S/c27-20(14-23-11-16-8-17(12-23)10-18(9-16)13-23)24-15-21(28)25-3-5-26(6-4-25)22(29)19-2-1-7-30-19/h1-2,7,16-18H,3-6,8-15H2,(H,24,27). The molecular weight excluding hydrogens is 398 g/mol. The number of carbonyl (C=O) groups is 3. The fourth-order valence-electron chi connectivity index (χ4n) is 6.91. The Balaban J connectivity index is 1.07. The van der Waals surface area contributed by atoms with Crippen molar-refractivity contribution < 1.29 is 14.4 Å². The van der Waals surface area contributed by atoms with E-state index in [4.69, 9.17) is 0 Å². The van der Waals surface area contributed by atoms with Gasteiger partial charge in [-0.15, -0.1) is 11.3 Å². The van der Waals surface area contributed by atoms with Crippen LogP contribution in [0, 0.1) is 23.2 Å². The summed E-state index contributed by atoms with van der Waals surface area (Å²) in [6.07, 6.45) is 8.34. The van der Waals surface area contributed by atoms with E-state index in [9.17, 15) is 14.4 Å². The van der Waals surface area contributed by atoms with Crippen LogP contribution in [0.5, 0.6) is 0 Å². The average molecular weight is 430 g/mol. The van der Waals surface area contributed by atoms with Gasteiger partial charge in [-0.2, -0.15) is 0 Å². The summed E-state index contributed by atoms with van der Waals surface area (Å²) in [5.41, 5.74) is 0.204. The molecule has 162 valence electrons. The topological polar surface area (TPSA) is 69.7 Å². The molecule has 6 nitrogen and oxygen atoms in total. The number of carbonyl (C=O) groups excluding carboxylic acids is 3. The van der Waals surface area contributed by atoms with Gasteiger partial charge in [0.25, 0.3) is 5.91 Å². The molecule has 0 atom stereocenters. The fraction of sp³-hybridized carbons (Fsp3) is 0.696. The number of hydrogen-bond donors (Lipinski definition) is 1. The minimum atomic E-state index is -0.0444. The highest BCUT2D eigenvalue weighted by molar-refractivity contribution is 7.12. The van der Waals surface area contributed by atoms with E-state index in [0.717, 1.165) is 22.6 Å². The van der Waals surface area contributed by atoms with E-state index in [-0.39, 0.29) is 29.7 Å². The largest absolute Gasteiger partial charge is 0.347 e. The van der Waals surface area contributed by atoms with Gasteiger partial charge in [-0.3, -0.25) is 14.4 Å². The molecule has 1 N–H and O–H groups in total. The molecule has 1 saturated heterocycles. The van der Waals surface area contributed by atoms with Crippen LogP contribution in [0.4, 0.5) is 0 Å². The summed E-state index contributed by atoms with van der Waals surface area (Å²) in [6, 6.07) is 3.72. The van der Waals surface area contributed by atoms with E-state index in [2.05, 4.69) is 5.32 Å². The predicted octanol–water partition coefficient (Wildman–Crippen LogP) is 2.76. The molecule has 4 aliphatic carbocycles. The molecule has 2 heterocycles. The van der Waals surface area contributed by atoms with Gasteiger partial charge < -0.3 is 15.1 Å². The Bertz CT molecular complexity index is 778. The Labute approximate surface area is 182 Å². The van der Waals surface area contributed by atoms with Gasteiger partial charge in [-0.1, -0.05) is 6.07 Å². The summed E-state index contributed by atoms with van der Waals surface area (Å²) in [4.78, 5) is 42.0. The van der Waals surface area contributed by atoms with Crippen LogP contribution in [-0.4, -0.2) is 60.2 Å². The number of rotatable bonds is 5. The third-order valence-corrected chi connectivity index (χ3v) is 8.65. The van der Waals surface area contributed by atoms with Crippen molar-refractivity contribution in [3.63, 3.8) is 0 Å². The van der Waals surface area contributed by atoms with Crippen molar-refractivity contribution in [1.82, 2.24) is 15.1 Å². The summed E-state index contributed by atoms with van der Waals surface area (Å²) in [6.45, 7) is 2.22. The molecule has 1 aliphatic heterocycles. The molecule has 5 fully saturated rings. The molecule has 1 aromatic rings. The molecule has 1 aromatic heterocycles. The molecule has 6 rings (SSSR count). The second kappa shape index (κ2) is 7.98. The Morgan fingerprint density at radius 3 is 2.13 bits per heavy atom. The SMILES string of the molecule is O=C(CC12CC3CC(CC(C3)C1)C2)NCC(=O)N1CCN(C(=O)c2cccs2)CC1. The Hall–Kier alpha value is -1.89. The monoisotopic (exact) mass is 429 g/mol. The molecular formula is C23H31N3O3S. The summed E-state index contributed by atoms with van der Waals surface area (Å²) < 4.78 is 0. The first-order valence-electron chi connectivity index (χ1n) is 11.4. The van der Waals surface area contributed by atoms with Gasteiger partial charge in [0, 0.05) is 32.6 Å². The lowest BCUT2D eigenvalue weighted by Gasteiger charge is -2.56. The van der Waals surface area contributed by atoms with Gasteiger partial charge in [-0.25, -0.2) is 0 Å². The van der Waals surface area contributed by atoms with E-state index >= 15 is 0 Å². The minimum Gasteiger partial charge on any atom is -0.347 e. The predicted molar refractivity (Wildman–Crippen MR) is 115 cm³/mol. The van der Waals surface area contributed by atoms with E-state index in [0.29, 0.717) is 32.6 Å². The molecule has 3 amide bonds. The first-order chi connectivity index (χ1) is 14.5. The molecule has 4 saturated carbocycles. The van der Waals surface area contributed by atoms with Crippen LogP contribution in [0.3, 0.4) is 0 Å². The van der Waals surface area contributed by atoms with Gasteiger partial charge in [0.2, 0.25) is 11.8 Å². The lowest BCUT2D eigenvalue weighted by molar-refractivity contribution is -0.136. The summed E-state index contributed by atoms with van der Waals surface area (Å²) in [5.74, 6) is 2.53. The number of piperazine rings is 1. The van der Waals surface area contributed by atoms with Crippen molar-refractivity contribution in [3.05, 3.63) is 22.4 Å². The molecule has 0 radical (unpaired) electrons. The molecule has 0 unspecified atom stereocenters. The summed E-state index contributed by atoms with van der Waals surface area (Å²) in [5, 5.41) is 4.80. The van der Waals surface area contributed by atoms with Crippen molar-refractivity contribution >= 4 is 29.1 Å². The lowest BCUT2D eigenvalue weighted by atomic mass is 9.49. The zero-order valence-electron chi connectivity index (χ0n) is 17.5. The average Bonchev–Trinajstić information content (AvgIpc) is 3.25. The maximum atomic E-state index is 12.7. The lowest BCUT2D eigenvalue weighted by Crippen LogP contribution is -2.53. The maximum absolute atomic E-state index is 12.7. The van der Waals surface area contributed by atoms with Crippen LogP contribution in [0.1, 0.15) is 54.6 Å². The molecule has 0 spiro atoms. The maximum Gasteiger partial charge on any atom is 0.264 e. The first kappa shape index (κ1) is 20.0. The van der Waals surface area contributed by atoms with E-state index < -0.39 is 0 Å². The number of nitrogens with one attached hydrogen (secondary N) is 1. The number of amides is 3. The number of nitrogens with zero attached hydrogens (tertiary/aromatic N) is 2. The highest BCUT2D eigenvalue weighted by atomic mass is 32.1. The minimum absolute atomic E-state index is 0.0387. The molecule has 30 heavy (non-hydrogen) atoms. The van der Waals surface area contributed by atoms with Crippen molar-refractivity contribution in [2.24, 2.45) is 23.2 Å². The van der Waals surface area contributed by atoms with Crippen LogP contribution in [0.2, 0.25) is 0 Å². The van der Waals surface area contributed by atoms with Crippen LogP contribution >= 0.6 is 11.3 Å². The fourth-order valence-corrected chi connectivity index (χ4v) is 7.60. The number of hydrogen-bond acceptors (Lipinski definition) is 4. The molecule has 7 heteroatoms. The smallest absolute Gasteiger partial charge is 0.264 e. The summed E-state index contributed by atoms with van der Waals surface area (Å²) in [7, 11) is 0. The van der Waals surface area contributed by atoms with Crippen LogP contribution < -0.4 is 5.32 Å². The van der Waals surface area contributed by atoms with Crippen LogP contribution in [0.15, 0.2) is 17.5 Å². The normalized spacial score (nSPS) is 32.3. The second-order valence-electron chi connectivity index (χ2n) is 10.0. The Morgan fingerprint density at radius 1 is 0.967 bits per heavy atom. The van der Waals surface area contributed by atoms with Gasteiger partial charge in [0.05, 0.1) is 11.4 Å². The molecule has 4 bridgehead atoms. The first-order valence-corrected chi connectivity index (χ1v) is 12.2. The van der Waals surface area contributed by atoms with Crippen LogP contribution in [0.25, 0.3) is 0 Å². The van der Waals surface area contributed by atoms with E-state index in [1.54, 1.807) is 9.80 Å². The van der Waals surface area contributed by atoms with Gasteiger partial charge in [0.1, 0.15) is 0 Å². The van der Waals surface area contributed by atoms with Gasteiger partial charge in [-0.05, 0) is 73.1 Å². The number of thiophene rings is 1. The van der Waals surface area contributed by atoms with Crippen LogP contribution in [-0.2, 0) is 9.59 Å².